The van der Waals surface area contributed by atoms with Crippen LogP contribution in [0.4, 0.5) is 0 Å². The molecule has 170 valence electrons. The molecule has 0 saturated heterocycles. The van der Waals surface area contributed by atoms with Gasteiger partial charge in [0.2, 0.25) is 0 Å². The lowest BCUT2D eigenvalue weighted by molar-refractivity contribution is 0.282. The molecule has 0 N–H and O–H groups in total. The summed E-state index contributed by atoms with van der Waals surface area (Å²) in [5, 5.41) is 0.681. The summed E-state index contributed by atoms with van der Waals surface area (Å²) < 4.78 is 14.1. The topological polar surface area (TPSA) is 52.8 Å². The summed E-state index contributed by atoms with van der Waals surface area (Å²) in [6.45, 7) is 4.25. The molecule has 0 aliphatic carbocycles. The summed E-state index contributed by atoms with van der Waals surface area (Å²) in [6, 6.07) is 19.0. The van der Waals surface area contributed by atoms with Crippen molar-refractivity contribution in [1.29, 1.82) is 0 Å². The van der Waals surface area contributed by atoms with E-state index in [1.807, 2.05) is 72.8 Å². The molecule has 0 amide bonds. The number of nitrogens with zero attached hydrogens (tertiary/aromatic N) is 2. The molecule has 0 saturated carbocycles. The third kappa shape index (κ3) is 4.18. The maximum Gasteiger partial charge on any atom is 0.274 e. The number of hydrogen-bond acceptors (Lipinski definition) is 5. The Labute approximate surface area is 205 Å². The summed E-state index contributed by atoms with van der Waals surface area (Å²) in [7, 11) is 1.61. The summed E-state index contributed by atoms with van der Waals surface area (Å²) in [5.74, 6) is 1.25. The fourth-order valence-electron chi connectivity index (χ4n) is 3.89. The highest BCUT2D eigenvalue weighted by atomic mass is 35.5. The predicted octanol–water partition coefficient (Wildman–Crippen LogP) is 5.43. The number of methoxy groups -OCH3 is 1. The third-order valence-electron chi connectivity index (χ3n) is 5.48. The fraction of sp³-hybridized carbons (Fsp3) is 0.111. The van der Waals surface area contributed by atoms with E-state index in [0.29, 0.717) is 39.0 Å². The van der Waals surface area contributed by atoms with Gasteiger partial charge in [-0.2, -0.15) is 0 Å². The second-order valence-electron chi connectivity index (χ2n) is 7.75. The Morgan fingerprint density at radius 2 is 1.94 bits per heavy atom. The minimum atomic E-state index is -0.0824. The Morgan fingerprint density at radius 3 is 2.71 bits per heavy atom. The highest BCUT2D eigenvalue weighted by Crippen LogP contribution is 2.34. The minimum absolute atomic E-state index is 0.0824. The molecule has 5 rings (SSSR count). The van der Waals surface area contributed by atoms with Crippen LogP contribution < -0.4 is 19.6 Å². The molecule has 0 unspecified atom stereocenters. The first-order chi connectivity index (χ1) is 16.6. The predicted molar refractivity (Wildman–Crippen MR) is 138 cm³/mol. The van der Waals surface area contributed by atoms with Crippen LogP contribution in [0.1, 0.15) is 16.7 Å². The molecule has 0 spiro atoms. The molecule has 0 radical (unpaired) electrons. The molecular weight excluding hydrogens is 468 g/mol. The number of aromatic nitrogens is 2. The summed E-state index contributed by atoms with van der Waals surface area (Å²) in [4.78, 5) is 18.4. The van der Waals surface area contributed by atoms with Gasteiger partial charge >= 0.3 is 0 Å². The van der Waals surface area contributed by atoms with E-state index in [1.165, 1.54) is 11.3 Å². The van der Waals surface area contributed by atoms with Gasteiger partial charge in [0.15, 0.2) is 16.5 Å². The molecule has 5 aromatic rings. The van der Waals surface area contributed by atoms with Crippen LogP contribution in [0.15, 0.2) is 78.1 Å². The SMILES string of the molecule is C=CCc1cc(/C=c2\sc3nc4ccccc4n3c2=O)cc(OC)c1OCc1ccc(Cl)cc1. The lowest BCUT2D eigenvalue weighted by atomic mass is 10.1. The van der Waals surface area contributed by atoms with Gasteiger partial charge in [-0.3, -0.25) is 4.79 Å². The van der Waals surface area contributed by atoms with Gasteiger partial charge < -0.3 is 9.47 Å². The average molecular weight is 489 g/mol. The molecular formula is C27H21ClN2O3S. The summed E-state index contributed by atoms with van der Waals surface area (Å²) >= 11 is 7.35. The van der Waals surface area contributed by atoms with Gasteiger partial charge in [0.25, 0.3) is 5.56 Å². The van der Waals surface area contributed by atoms with Crippen molar-refractivity contribution in [2.45, 2.75) is 13.0 Å². The van der Waals surface area contributed by atoms with E-state index in [0.717, 1.165) is 27.7 Å². The number of para-hydroxylation sites is 2. The molecule has 3 aromatic carbocycles. The highest BCUT2D eigenvalue weighted by molar-refractivity contribution is 7.15. The van der Waals surface area contributed by atoms with Crippen LogP contribution >= 0.6 is 22.9 Å². The van der Waals surface area contributed by atoms with Crippen LogP contribution in [0.5, 0.6) is 11.5 Å². The molecule has 0 fully saturated rings. The van der Waals surface area contributed by atoms with Crippen molar-refractivity contribution >= 4 is 45.0 Å². The maximum absolute atomic E-state index is 13.1. The van der Waals surface area contributed by atoms with Crippen LogP contribution in [0.25, 0.3) is 22.1 Å². The zero-order valence-corrected chi connectivity index (χ0v) is 20.0. The first-order valence-electron chi connectivity index (χ1n) is 10.7. The zero-order valence-electron chi connectivity index (χ0n) is 18.5. The Morgan fingerprint density at radius 1 is 1.15 bits per heavy atom. The van der Waals surface area contributed by atoms with Crippen molar-refractivity contribution in [3.8, 4) is 11.5 Å². The van der Waals surface area contributed by atoms with Crippen LogP contribution in [0, 0.1) is 0 Å². The van der Waals surface area contributed by atoms with E-state index in [-0.39, 0.29) is 5.56 Å². The molecule has 2 heterocycles. The molecule has 0 aliphatic rings. The van der Waals surface area contributed by atoms with E-state index < -0.39 is 0 Å². The second kappa shape index (κ2) is 9.33. The second-order valence-corrected chi connectivity index (χ2v) is 9.20. The monoisotopic (exact) mass is 488 g/mol. The van der Waals surface area contributed by atoms with E-state index >= 15 is 0 Å². The number of allylic oxidation sites excluding steroid dienone is 1. The number of hydrogen-bond donors (Lipinski definition) is 0. The number of ether oxygens (including phenoxy) is 2. The Kier molecular flexibility index (Phi) is 6.09. The lowest BCUT2D eigenvalue weighted by Crippen LogP contribution is -2.22. The van der Waals surface area contributed by atoms with Crippen LogP contribution in [0.2, 0.25) is 5.02 Å². The van der Waals surface area contributed by atoms with Crippen LogP contribution in [-0.2, 0) is 13.0 Å². The highest BCUT2D eigenvalue weighted by Gasteiger charge is 2.14. The molecule has 0 aliphatic heterocycles. The molecule has 0 bridgehead atoms. The Hall–Kier alpha value is -3.61. The van der Waals surface area contributed by atoms with E-state index in [9.17, 15) is 4.79 Å². The van der Waals surface area contributed by atoms with Gasteiger partial charge in [-0.15, -0.1) is 6.58 Å². The van der Waals surface area contributed by atoms with Gasteiger partial charge in [-0.05, 0) is 60.0 Å². The third-order valence-corrected chi connectivity index (χ3v) is 6.70. The van der Waals surface area contributed by atoms with Crippen molar-refractivity contribution in [2.24, 2.45) is 0 Å². The first kappa shape index (κ1) is 22.2. The van der Waals surface area contributed by atoms with E-state index in [2.05, 4.69) is 11.6 Å². The largest absolute Gasteiger partial charge is 0.493 e. The lowest BCUT2D eigenvalue weighted by Gasteiger charge is -2.16. The van der Waals surface area contributed by atoms with Crippen molar-refractivity contribution in [3.05, 3.63) is 110 Å². The number of imidazole rings is 1. The van der Waals surface area contributed by atoms with Gasteiger partial charge in [0.05, 0.1) is 22.7 Å². The number of benzene rings is 3. The smallest absolute Gasteiger partial charge is 0.274 e. The van der Waals surface area contributed by atoms with Crippen LogP contribution in [-0.4, -0.2) is 16.5 Å². The number of rotatable bonds is 7. The Bertz CT molecular complexity index is 1620. The first-order valence-corrected chi connectivity index (χ1v) is 11.9. The molecule has 0 atom stereocenters. The van der Waals surface area contributed by atoms with Gasteiger partial charge in [0.1, 0.15) is 6.61 Å². The van der Waals surface area contributed by atoms with E-state index in [1.54, 1.807) is 11.5 Å². The van der Waals surface area contributed by atoms with Gasteiger partial charge in [-0.1, -0.05) is 53.3 Å². The zero-order chi connectivity index (χ0) is 23.7. The molecule has 34 heavy (non-hydrogen) atoms. The average Bonchev–Trinajstić information content (AvgIpc) is 3.35. The quantitative estimate of drug-likeness (QED) is 0.287. The minimum Gasteiger partial charge on any atom is -0.493 e. The molecule has 7 heteroatoms. The maximum atomic E-state index is 13.1. The van der Waals surface area contributed by atoms with Gasteiger partial charge in [0, 0.05) is 10.6 Å². The van der Waals surface area contributed by atoms with Crippen molar-refractivity contribution in [2.75, 3.05) is 7.11 Å². The van der Waals surface area contributed by atoms with Gasteiger partial charge in [-0.25, -0.2) is 9.38 Å². The molecule has 5 nitrogen and oxygen atoms in total. The van der Waals surface area contributed by atoms with Crippen molar-refractivity contribution in [1.82, 2.24) is 9.38 Å². The number of halogens is 1. The van der Waals surface area contributed by atoms with Crippen molar-refractivity contribution < 1.29 is 9.47 Å². The normalized spacial score (nSPS) is 11.9. The van der Waals surface area contributed by atoms with Crippen molar-refractivity contribution in [3.63, 3.8) is 0 Å². The standard InChI is InChI=1S/C27H21ClN2O3S/c1-3-6-19-13-18(14-23(32-2)25(19)33-16-17-9-11-20(28)12-10-17)15-24-26(31)30-22-8-5-4-7-21(22)29-27(30)34-24/h3-5,7-15H,1,6,16H2,2H3/b24-15-. The summed E-state index contributed by atoms with van der Waals surface area (Å²) in [5.41, 5.74) is 4.31. The fourth-order valence-corrected chi connectivity index (χ4v) is 5.00. The number of thiazole rings is 1. The summed E-state index contributed by atoms with van der Waals surface area (Å²) in [6.07, 6.45) is 4.28. The van der Waals surface area contributed by atoms with Crippen LogP contribution in [0.3, 0.4) is 0 Å². The number of fused-ring (bicyclic) bond motifs is 3. The Balaban J connectivity index is 1.55. The van der Waals surface area contributed by atoms with E-state index in [4.69, 9.17) is 21.1 Å². The molecule has 2 aromatic heterocycles.